The molecule has 1 fully saturated rings. The summed E-state index contributed by atoms with van der Waals surface area (Å²) in [6.45, 7) is 0. The summed E-state index contributed by atoms with van der Waals surface area (Å²) < 4.78 is 0.978. The lowest BCUT2D eigenvalue weighted by atomic mass is 9.79. The van der Waals surface area contributed by atoms with E-state index in [-0.39, 0.29) is 6.04 Å². The molecule has 1 unspecified atom stereocenters. The smallest absolute Gasteiger partial charge is 0.0726 e. The van der Waals surface area contributed by atoms with Crippen LogP contribution in [0.4, 0.5) is 0 Å². The third-order valence-corrected chi connectivity index (χ3v) is 4.38. The Kier molecular flexibility index (Phi) is 3.67. The Morgan fingerprint density at radius 2 is 2.05 bits per heavy atom. The fraction of sp³-hybridized carbons (Fsp3) is 0.312. The molecule has 2 aromatic rings. The van der Waals surface area contributed by atoms with Crippen molar-refractivity contribution in [2.45, 2.75) is 31.2 Å². The van der Waals surface area contributed by atoms with Crippen LogP contribution in [-0.2, 0) is 0 Å². The summed E-state index contributed by atoms with van der Waals surface area (Å²) in [4.78, 5) is 4.39. The quantitative estimate of drug-likeness (QED) is 0.923. The third kappa shape index (κ3) is 2.72. The molecule has 1 aliphatic rings. The Labute approximate surface area is 122 Å². The second-order valence-corrected chi connectivity index (χ2v) is 6.09. The number of benzene rings is 1. The highest BCUT2D eigenvalue weighted by Gasteiger charge is 2.20. The van der Waals surface area contributed by atoms with E-state index in [1.54, 1.807) is 6.20 Å². The van der Waals surface area contributed by atoms with Gasteiger partial charge >= 0.3 is 0 Å². The summed E-state index contributed by atoms with van der Waals surface area (Å²) in [7, 11) is 0. The lowest BCUT2D eigenvalue weighted by molar-refractivity contribution is 0.419. The first kappa shape index (κ1) is 12.8. The van der Waals surface area contributed by atoms with Gasteiger partial charge in [-0.1, -0.05) is 30.7 Å². The van der Waals surface area contributed by atoms with Gasteiger partial charge in [-0.05, 0) is 57.9 Å². The molecular weight excluding hydrogens is 300 g/mol. The summed E-state index contributed by atoms with van der Waals surface area (Å²) in [6.07, 6.45) is 5.78. The predicted octanol–water partition coefficient (Wildman–Crippen LogP) is 4.16. The van der Waals surface area contributed by atoms with Crippen molar-refractivity contribution in [1.82, 2.24) is 4.98 Å². The first-order valence-corrected chi connectivity index (χ1v) is 7.50. The van der Waals surface area contributed by atoms with Crippen LogP contribution in [0.2, 0.25) is 0 Å². The average molecular weight is 317 g/mol. The topological polar surface area (TPSA) is 38.9 Å². The van der Waals surface area contributed by atoms with Gasteiger partial charge in [-0.2, -0.15) is 0 Å². The molecule has 3 rings (SSSR count). The van der Waals surface area contributed by atoms with Crippen LogP contribution in [-0.4, -0.2) is 4.98 Å². The highest BCUT2D eigenvalue weighted by atomic mass is 79.9. The minimum absolute atomic E-state index is 0.145. The number of pyridine rings is 1. The molecule has 0 spiro atoms. The van der Waals surface area contributed by atoms with Gasteiger partial charge in [-0.25, -0.2) is 0 Å². The molecule has 19 heavy (non-hydrogen) atoms. The molecule has 2 nitrogen and oxygen atoms in total. The second kappa shape index (κ2) is 5.43. The van der Waals surface area contributed by atoms with E-state index < -0.39 is 0 Å². The van der Waals surface area contributed by atoms with E-state index in [2.05, 4.69) is 45.2 Å². The number of aromatic nitrogens is 1. The van der Waals surface area contributed by atoms with Crippen molar-refractivity contribution >= 4 is 15.9 Å². The normalized spacial score (nSPS) is 16.9. The van der Waals surface area contributed by atoms with Gasteiger partial charge < -0.3 is 5.73 Å². The van der Waals surface area contributed by atoms with Gasteiger partial charge in [0.05, 0.1) is 11.7 Å². The number of nitrogens with zero attached hydrogens (tertiary/aromatic N) is 1. The van der Waals surface area contributed by atoms with E-state index in [1.165, 1.54) is 24.8 Å². The Bertz CT molecular complexity index is 561. The molecule has 0 amide bonds. The van der Waals surface area contributed by atoms with E-state index in [0.29, 0.717) is 0 Å². The van der Waals surface area contributed by atoms with E-state index in [0.717, 1.165) is 21.6 Å². The molecule has 0 radical (unpaired) electrons. The Balaban J connectivity index is 1.86. The Morgan fingerprint density at radius 3 is 2.68 bits per heavy atom. The van der Waals surface area contributed by atoms with Gasteiger partial charge in [0, 0.05) is 10.7 Å². The molecule has 1 aromatic carbocycles. The maximum Gasteiger partial charge on any atom is 0.0726 e. The number of hydrogen-bond acceptors (Lipinski definition) is 2. The van der Waals surface area contributed by atoms with Crippen LogP contribution in [0, 0.1) is 0 Å². The van der Waals surface area contributed by atoms with Gasteiger partial charge in [0.1, 0.15) is 0 Å². The highest BCUT2D eigenvalue weighted by Crippen LogP contribution is 2.37. The molecule has 0 saturated heterocycles. The molecular formula is C16H17BrN2. The van der Waals surface area contributed by atoms with Crippen LogP contribution >= 0.6 is 15.9 Å². The van der Waals surface area contributed by atoms with Crippen LogP contribution in [0.3, 0.4) is 0 Å². The number of rotatable bonds is 3. The average Bonchev–Trinajstić information content (AvgIpc) is 2.37. The maximum atomic E-state index is 6.32. The van der Waals surface area contributed by atoms with Gasteiger partial charge in [-0.3, -0.25) is 4.98 Å². The van der Waals surface area contributed by atoms with Crippen molar-refractivity contribution in [2.24, 2.45) is 5.73 Å². The van der Waals surface area contributed by atoms with Crippen LogP contribution in [0.15, 0.2) is 47.1 Å². The minimum atomic E-state index is -0.145. The van der Waals surface area contributed by atoms with Gasteiger partial charge in [0.15, 0.2) is 0 Å². The summed E-state index contributed by atoms with van der Waals surface area (Å²) in [5.74, 6) is 0.741. The maximum absolute atomic E-state index is 6.32. The molecule has 98 valence electrons. The first-order chi connectivity index (χ1) is 9.24. The van der Waals surface area contributed by atoms with Crippen molar-refractivity contribution < 1.29 is 0 Å². The summed E-state index contributed by atoms with van der Waals surface area (Å²) in [6, 6.07) is 12.5. The van der Waals surface area contributed by atoms with Crippen LogP contribution in [0.1, 0.15) is 48.0 Å². The second-order valence-electron chi connectivity index (χ2n) is 5.18. The molecule has 0 bridgehead atoms. The Hall–Kier alpha value is -1.19. The zero-order valence-electron chi connectivity index (χ0n) is 10.7. The highest BCUT2D eigenvalue weighted by molar-refractivity contribution is 9.10. The summed E-state index contributed by atoms with van der Waals surface area (Å²) >= 11 is 3.40. The van der Waals surface area contributed by atoms with E-state index in [9.17, 15) is 0 Å². The van der Waals surface area contributed by atoms with Gasteiger partial charge in [0.2, 0.25) is 0 Å². The van der Waals surface area contributed by atoms with Crippen molar-refractivity contribution in [3.05, 3.63) is 63.9 Å². The first-order valence-electron chi connectivity index (χ1n) is 6.71. The molecule has 1 saturated carbocycles. The van der Waals surface area contributed by atoms with E-state index in [4.69, 9.17) is 5.73 Å². The van der Waals surface area contributed by atoms with Crippen LogP contribution < -0.4 is 5.73 Å². The fourth-order valence-electron chi connectivity index (χ4n) is 2.49. The van der Waals surface area contributed by atoms with Crippen LogP contribution in [0.5, 0.6) is 0 Å². The zero-order chi connectivity index (χ0) is 13.2. The fourth-order valence-corrected chi connectivity index (χ4v) is 2.72. The standard InChI is InChI=1S/C16H17BrN2/c17-14-7-8-15(19-10-14)16(18)13-6-2-5-12(9-13)11-3-1-4-11/h2,5-11,16H,1,3-4,18H2. The summed E-state index contributed by atoms with van der Waals surface area (Å²) in [5, 5.41) is 0. The lowest BCUT2D eigenvalue weighted by Crippen LogP contribution is -2.15. The van der Waals surface area contributed by atoms with Crippen LogP contribution in [0.25, 0.3) is 0 Å². The number of nitrogens with two attached hydrogens (primary N) is 1. The largest absolute Gasteiger partial charge is 0.319 e. The molecule has 1 atom stereocenters. The predicted molar refractivity (Wildman–Crippen MR) is 81.0 cm³/mol. The molecule has 1 heterocycles. The van der Waals surface area contributed by atoms with Gasteiger partial charge in [0.25, 0.3) is 0 Å². The molecule has 1 aliphatic carbocycles. The third-order valence-electron chi connectivity index (χ3n) is 3.92. The Morgan fingerprint density at radius 1 is 1.21 bits per heavy atom. The van der Waals surface area contributed by atoms with Crippen molar-refractivity contribution in [1.29, 1.82) is 0 Å². The van der Waals surface area contributed by atoms with E-state index in [1.807, 2.05) is 12.1 Å². The van der Waals surface area contributed by atoms with Crippen molar-refractivity contribution in [3.63, 3.8) is 0 Å². The van der Waals surface area contributed by atoms with E-state index >= 15 is 0 Å². The molecule has 1 aromatic heterocycles. The minimum Gasteiger partial charge on any atom is -0.319 e. The number of hydrogen-bond donors (Lipinski definition) is 1. The number of halogens is 1. The summed E-state index contributed by atoms with van der Waals surface area (Å²) in [5.41, 5.74) is 9.81. The van der Waals surface area contributed by atoms with Gasteiger partial charge in [-0.15, -0.1) is 0 Å². The lowest BCUT2D eigenvalue weighted by Gasteiger charge is -2.26. The monoisotopic (exact) mass is 316 g/mol. The molecule has 3 heteroatoms. The zero-order valence-corrected chi connectivity index (χ0v) is 12.3. The molecule has 2 N–H and O–H groups in total. The molecule has 0 aliphatic heterocycles. The van der Waals surface area contributed by atoms with Crippen molar-refractivity contribution in [2.75, 3.05) is 0 Å². The van der Waals surface area contributed by atoms with Crippen molar-refractivity contribution in [3.8, 4) is 0 Å². The SMILES string of the molecule is NC(c1cccc(C2CCC2)c1)c1ccc(Br)cn1.